The summed E-state index contributed by atoms with van der Waals surface area (Å²) in [5, 5.41) is 29.5. The summed E-state index contributed by atoms with van der Waals surface area (Å²) in [6.45, 7) is -0.196. The van der Waals surface area contributed by atoms with Crippen molar-refractivity contribution < 1.29 is 28.9 Å². The number of nitrogens with zero attached hydrogens (tertiary/aromatic N) is 2. The van der Waals surface area contributed by atoms with Crippen LogP contribution in [0.1, 0.15) is 17.2 Å². The lowest BCUT2D eigenvalue weighted by atomic mass is 9.96. The van der Waals surface area contributed by atoms with Crippen LogP contribution in [0.4, 0.5) is 14.9 Å². The second-order valence-electron chi connectivity index (χ2n) is 7.25. The molecule has 0 saturated carbocycles. The van der Waals surface area contributed by atoms with Crippen molar-refractivity contribution in [2.45, 2.75) is 18.2 Å². The van der Waals surface area contributed by atoms with Gasteiger partial charge < -0.3 is 19.7 Å². The number of ether oxygens (including phenoxy) is 2. The van der Waals surface area contributed by atoms with Crippen LogP contribution in [-0.2, 0) is 4.74 Å². The Labute approximate surface area is 183 Å². The number of carbonyl (C=O) groups excluding carboxylic acids is 1. The SMILES string of the molecule is N#Cc1cccc(OCC(O)C2OC(=O)N(c3ccc(F)cc3)[C@@H]2c2ccc(O)cc2)c1. The number of amides is 1. The van der Waals surface area contributed by atoms with E-state index in [0.717, 1.165) is 0 Å². The minimum absolute atomic E-state index is 0.0464. The molecule has 1 heterocycles. The van der Waals surface area contributed by atoms with E-state index in [2.05, 4.69) is 0 Å². The van der Waals surface area contributed by atoms with Crippen LogP contribution in [0.2, 0.25) is 0 Å². The van der Waals surface area contributed by atoms with Gasteiger partial charge in [0.25, 0.3) is 0 Å². The van der Waals surface area contributed by atoms with Gasteiger partial charge in [0.15, 0.2) is 6.10 Å². The highest BCUT2D eigenvalue weighted by atomic mass is 19.1. The van der Waals surface area contributed by atoms with Gasteiger partial charge in [0.2, 0.25) is 0 Å². The Morgan fingerprint density at radius 2 is 1.84 bits per heavy atom. The molecule has 3 aromatic rings. The van der Waals surface area contributed by atoms with Crippen LogP contribution >= 0.6 is 0 Å². The number of hydrogen-bond donors (Lipinski definition) is 2. The highest BCUT2D eigenvalue weighted by Crippen LogP contribution is 2.39. The number of phenolic OH excluding ortho intramolecular Hbond substituents is 1. The molecule has 1 saturated heterocycles. The van der Waals surface area contributed by atoms with Gasteiger partial charge in [-0.15, -0.1) is 0 Å². The Bertz CT molecular complexity index is 1140. The number of hydrogen-bond acceptors (Lipinski definition) is 6. The minimum atomic E-state index is -1.21. The number of phenols is 1. The van der Waals surface area contributed by atoms with Gasteiger partial charge in [-0.25, -0.2) is 9.18 Å². The first-order valence-corrected chi connectivity index (χ1v) is 9.81. The number of carbonyl (C=O) groups is 1. The van der Waals surface area contributed by atoms with Crippen LogP contribution in [0, 0.1) is 17.1 Å². The van der Waals surface area contributed by atoms with Crippen molar-refractivity contribution in [1.29, 1.82) is 5.26 Å². The number of benzene rings is 3. The second kappa shape index (κ2) is 8.96. The summed E-state index contributed by atoms with van der Waals surface area (Å²) in [5.41, 5.74) is 1.41. The van der Waals surface area contributed by atoms with Crippen LogP contribution in [0.25, 0.3) is 0 Å². The van der Waals surface area contributed by atoms with Gasteiger partial charge in [0.1, 0.15) is 36.1 Å². The lowest BCUT2D eigenvalue weighted by Crippen LogP contribution is -2.38. The third-order valence-electron chi connectivity index (χ3n) is 5.13. The van der Waals surface area contributed by atoms with Crippen molar-refractivity contribution in [3.63, 3.8) is 0 Å². The molecular weight excluding hydrogens is 415 g/mol. The summed E-state index contributed by atoms with van der Waals surface area (Å²) >= 11 is 0. The maximum absolute atomic E-state index is 13.4. The summed E-state index contributed by atoms with van der Waals surface area (Å²) in [6.07, 6.45) is -2.92. The third kappa shape index (κ3) is 4.33. The summed E-state index contributed by atoms with van der Waals surface area (Å²) in [7, 11) is 0. The van der Waals surface area contributed by atoms with E-state index in [-0.39, 0.29) is 12.4 Å². The smallest absolute Gasteiger partial charge is 0.415 e. The molecule has 1 aliphatic heterocycles. The van der Waals surface area contributed by atoms with Crippen molar-refractivity contribution in [3.05, 3.63) is 89.7 Å². The molecule has 0 aromatic heterocycles. The van der Waals surface area contributed by atoms with Crippen molar-refractivity contribution in [3.8, 4) is 17.6 Å². The molecule has 1 fully saturated rings. The zero-order valence-corrected chi connectivity index (χ0v) is 16.8. The Kier molecular flexibility index (Phi) is 5.92. The molecule has 0 bridgehead atoms. The number of nitriles is 1. The van der Waals surface area contributed by atoms with E-state index in [1.54, 1.807) is 30.3 Å². The van der Waals surface area contributed by atoms with Crippen molar-refractivity contribution in [2.24, 2.45) is 0 Å². The van der Waals surface area contributed by atoms with Crippen molar-refractivity contribution >= 4 is 11.8 Å². The number of anilines is 1. The molecular formula is C24H19FN2O5. The monoisotopic (exact) mass is 434 g/mol. The molecule has 8 heteroatoms. The zero-order chi connectivity index (χ0) is 22.7. The zero-order valence-electron chi connectivity index (χ0n) is 16.8. The van der Waals surface area contributed by atoms with E-state index in [1.807, 2.05) is 6.07 Å². The topological polar surface area (TPSA) is 103 Å². The number of halogens is 1. The lowest BCUT2D eigenvalue weighted by molar-refractivity contribution is -0.00646. The number of rotatable bonds is 6. The Morgan fingerprint density at radius 1 is 1.12 bits per heavy atom. The Balaban J connectivity index is 1.61. The fourth-order valence-corrected chi connectivity index (χ4v) is 3.60. The quantitative estimate of drug-likeness (QED) is 0.610. The first-order chi connectivity index (χ1) is 15.5. The van der Waals surface area contributed by atoms with E-state index in [1.165, 1.54) is 47.4 Å². The number of aromatic hydroxyl groups is 1. The van der Waals surface area contributed by atoms with Crippen LogP contribution in [0.15, 0.2) is 72.8 Å². The summed E-state index contributed by atoms with van der Waals surface area (Å²) < 4.78 is 24.5. The fourth-order valence-electron chi connectivity index (χ4n) is 3.60. The van der Waals surface area contributed by atoms with Crippen molar-refractivity contribution in [1.82, 2.24) is 0 Å². The van der Waals surface area contributed by atoms with E-state index < -0.39 is 30.2 Å². The highest BCUT2D eigenvalue weighted by Gasteiger charge is 2.47. The molecule has 3 aromatic carbocycles. The third-order valence-corrected chi connectivity index (χ3v) is 5.13. The molecule has 32 heavy (non-hydrogen) atoms. The van der Waals surface area contributed by atoms with Gasteiger partial charge >= 0.3 is 6.09 Å². The molecule has 0 spiro atoms. The van der Waals surface area contributed by atoms with Gasteiger partial charge in [-0.1, -0.05) is 18.2 Å². The Morgan fingerprint density at radius 3 is 2.53 bits per heavy atom. The second-order valence-corrected chi connectivity index (χ2v) is 7.25. The summed E-state index contributed by atoms with van der Waals surface area (Å²) in [6, 6.07) is 19.3. The first kappa shape index (κ1) is 21.2. The lowest BCUT2D eigenvalue weighted by Gasteiger charge is -2.27. The van der Waals surface area contributed by atoms with E-state index in [9.17, 15) is 19.4 Å². The molecule has 3 atom stereocenters. The first-order valence-electron chi connectivity index (χ1n) is 9.81. The molecule has 162 valence electrons. The number of aliphatic hydroxyl groups excluding tert-OH is 1. The Hall–Kier alpha value is -4.09. The van der Waals surface area contributed by atoms with Gasteiger partial charge in [-0.3, -0.25) is 4.90 Å². The number of aliphatic hydroxyl groups is 1. The predicted octanol–water partition coefficient (Wildman–Crippen LogP) is 3.91. The largest absolute Gasteiger partial charge is 0.508 e. The van der Waals surface area contributed by atoms with Gasteiger partial charge in [-0.05, 0) is 60.2 Å². The van der Waals surface area contributed by atoms with Gasteiger partial charge in [0, 0.05) is 5.69 Å². The average molecular weight is 434 g/mol. The van der Waals surface area contributed by atoms with Crippen LogP contribution in [-0.4, -0.2) is 35.1 Å². The van der Waals surface area contributed by atoms with Gasteiger partial charge in [0.05, 0.1) is 11.6 Å². The van der Waals surface area contributed by atoms with Gasteiger partial charge in [-0.2, -0.15) is 5.26 Å². The van der Waals surface area contributed by atoms with Crippen LogP contribution in [0.3, 0.4) is 0 Å². The molecule has 1 amide bonds. The highest BCUT2D eigenvalue weighted by molar-refractivity contribution is 5.91. The number of cyclic esters (lactones) is 1. The van der Waals surface area contributed by atoms with Crippen LogP contribution < -0.4 is 9.64 Å². The normalized spacial score (nSPS) is 18.7. The summed E-state index contributed by atoms with van der Waals surface area (Å²) in [4.78, 5) is 14.1. The van der Waals surface area contributed by atoms with Crippen LogP contribution in [0.5, 0.6) is 11.5 Å². The minimum Gasteiger partial charge on any atom is -0.508 e. The molecule has 7 nitrogen and oxygen atoms in total. The molecule has 2 unspecified atom stereocenters. The molecule has 1 aliphatic rings. The average Bonchev–Trinajstić information content (AvgIpc) is 3.15. The van der Waals surface area contributed by atoms with Crippen molar-refractivity contribution in [2.75, 3.05) is 11.5 Å². The summed E-state index contributed by atoms with van der Waals surface area (Å²) in [5.74, 6) is -0.0128. The fraction of sp³-hybridized carbons (Fsp3) is 0.167. The predicted molar refractivity (Wildman–Crippen MR) is 113 cm³/mol. The molecule has 2 N–H and O–H groups in total. The van der Waals surface area contributed by atoms with E-state index >= 15 is 0 Å². The van der Waals surface area contributed by atoms with E-state index in [0.29, 0.717) is 22.6 Å². The molecule has 0 aliphatic carbocycles. The molecule has 4 rings (SSSR count). The standard InChI is InChI=1S/C24H19FN2O5/c25-17-6-8-18(9-7-17)27-22(16-4-10-19(28)11-5-16)23(32-24(27)30)21(29)14-31-20-3-1-2-15(12-20)13-26/h1-12,21-23,28-29H,14H2/t21?,22-,23?/m1/s1. The molecule has 0 radical (unpaired) electrons. The van der Waals surface area contributed by atoms with E-state index in [4.69, 9.17) is 14.7 Å². The maximum Gasteiger partial charge on any atom is 0.415 e. The maximum atomic E-state index is 13.4.